The molecule has 1 aromatic heterocycles. The Morgan fingerprint density at radius 1 is 1.39 bits per heavy atom. The second-order valence-corrected chi connectivity index (χ2v) is 4.60. The zero-order chi connectivity index (χ0) is 13.1. The lowest BCUT2D eigenvalue weighted by Crippen LogP contribution is -2.23. The molecule has 18 heavy (non-hydrogen) atoms. The zero-order valence-corrected chi connectivity index (χ0v) is 10.8. The van der Waals surface area contributed by atoms with Gasteiger partial charge in [0.2, 0.25) is 0 Å². The van der Waals surface area contributed by atoms with Crippen molar-refractivity contribution in [1.82, 2.24) is 20.3 Å². The van der Waals surface area contributed by atoms with Gasteiger partial charge in [-0.05, 0) is 30.7 Å². The molecule has 1 N–H and O–H groups in total. The lowest BCUT2D eigenvalue weighted by atomic mass is 10.2. The van der Waals surface area contributed by atoms with Gasteiger partial charge in [0.1, 0.15) is 5.82 Å². The van der Waals surface area contributed by atoms with Crippen molar-refractivity contribution in [1.29, 1.82) is 0 Å². The van der Waals surface area contributed by atoms with Crippen molar-refractivity contribution in [3.63, 3.8) is 0 Å². The maximum Gasteiger partial charge on any atom is 0.123 e. The Balaban J connectivity index is 2.30. The zero-order valence-electron chi connectivity index (χ0n) is 10.8. The first kappa shape index (κ1) is 12.7. The van der Waals surface area contributed by atoms with Gasteiger partial charge in [-0.25, -0.2) is 9.07 Å². The van der Waals surface area contributed by atoms with Gasteiger partial charge in [-0.1, -0.05) is 19.1 Å². The molecule has 1 aromatic carbocycles. The third kappa shape index (κ3) is 2.73. The number of rotatable bonds is 4. The van der Waals surface area contributed by atoms with Crippen molar-refractivity contribution in [3.8, 4) is 5.69 Å². The van der Waals surface area contributed by atoms with Gasteiger partial charge >= 0.3 is 0 Å². The summed E-state index contributed by atoms with van der Waals surface area (Å²) in [5.74, 6) is -0.238. The number of aromatic nitrogens is 3. The molecule has 0 aliphatic rings. The average Bonchev–Trinajstić information content (AvgIpc) is 2.74. The summed E-state index contributed by atoms with van der Waals surface area (Å²) in [6.45, 7) is 6.70. The van der Waals surface area contributed by atoms with Gasteiger partial charge < -0.3 is 5.32 Å². The van der Waals surface area contributed by atoms with Crippen LogP contribution in [-0.2, 0) is 6.54 Å². The Morgan fingerprint density at radius 3 is 2.83 bits per heavy atom. The molecule has 0 fully saturated rings. The Labute approximate surface area is 106 Å². The van der Waals surface area contributed by atoms with Crippen LogP contribution in [0.1, 0.15) is 25.1 Å². The highest BCUT2D eigenvalue weighted by atomic mass is 19.1. The lowest BCUT2D eigenvalue weighted by molar-refractivity contribution is 0.569. The van der Waals surface area contributed by atoms with E-state index in [9.17, 15) is 4.39 Å². The van der Waals surface area contributed by atoms with Crippen LogP contribution in [-0.4, -0.2) is 21.0 Å². The molecule has 2 rings (SSSR count). The number of hydrogen-bond donors (Lipinski definition) is 1. The Kier molecular flexibility index (Phi) is 3.72. The molecule has 0 saturated heterocycles. The molecular weight excluding hydrogens is 231 g/mol. The van der Waals surface area contributed by atoms with E-state index in [0.717, 1.165) is 16.9 Å². The van der Waals surface area contributed by atoms with E-state index in [-0.39, 0.29) is 5.82 Å². The van der Waals surface area contributed by atoms with E-state index in [2.05, 4.69) is 29.5 Å². The van der Waals surface area contributed by atoms with Gasteiger partial charge in [0.15, 0.2) is 0 Å². The molecule has 2 aromatic rings. The fourth-order valence-corrected chi connectivity index (χ4v) is 1.74. The molecule has 96 valence electrons. The maximum absolute atomic E-state index is 13.1. The summed E-state index contributed by atoms with van der Waals surface area (Å²) < 4.78 is 14.8. The highest BCUT2D eigenvalue weighted by molar-refractivity contribution is 5.40. The largest absolute Gasteiger partial charge is 0.309 e. The number of nitrogens with zero attached hydrogens (tertiary/aromatic N) is 3. The maximum atomic E-state index is 13.1. The van der Waals surface area contributed by atoms with Gasteiger partial charge in [0.25, 0.3) is 0 Å². The fourth-order valence-electron chi connectivity index (χ4n) is 1.74. The summed E-state index contributed by atoms with van der Waals surface area (Å²) in [5, 5.41) is 11.3. The minimum absolute atomic E-state index is 0.238. The smallest absolute Gasteiger partial charge is 0.123 e. The summed E-state index contributed by atoms with van der Waals surface area (Å²) >= 11 is 0. The van der Waals surface area contributed by atoms with Crippen LogP contribution in [0.5, 0.6) is 0 Å². The summed E-state index contributed by atoms with van der Waals surface area (Å²) in [6.07, 6.45) is 1.72. The summed E-state index contributed by atoms with van der Waals surface area (Å²) in [5.41, 5.74) is 2.65. The number of hydrogen-bond acceptors (Lipinski definition) is 3. The fraction of sp³-hybridized carbons (Fsp3) is 0.385. The normalized spacial score (nSPS) is 11.2. The Morgan fingerprint density at radius 2 is 2.17 bits per heavy atom. The Bertz CT molecular complexity index is 534. The molecule has 1 heterocycles. The van der Waals surface area contributed by atoms with Crippen molar-refractivity contribution in [2.45, 2.75) is 33.4 Å². The molecule has 0 bridgehead atoms. The molecule has 0 unspecified atom stereocenters. The summed E-state index contributed by atoms with van der Waals surface area (Å²) in [7, 11) is 0. The second kappa shape index (κ2) is 5.27. The lowest BCUT2D eigenvalue weighted by Gasteiger charge is -2.11. The molecule has 0 aliphatic carbocycles. The monoisotopic (exact) mass is 248 g/mol. The van der Waals surface area contributed by atoms with Crippen LogP contribution in [0.25, 0.3) is 5.69 Å². The predicted octanol–water partition coefficient (Wildman–Crippen LogP) is 2.21. The molecule has 0 saturated carbocycles. The topological polar surface area (TPSA) is 42.7 Å². The summed E-state index contributed by atoms with van der Waals surface area (Å²) in [6, 6.07) is 5.04. The molecule has 0 spiro atoms. The number of aryl methyl sites for hydroxylation is 1. The molecule has 5 heteroatoms. The molecule has 4 nitrogen and oxygen atoms in total. The van der Waals surface area contributed by atoms with Crippen LogP contribution in [0.4, 0.5) is 4.39 Å². The van der Waals surface area contributed by atoms with Crippen LogP contribution in [0.3, 0.4) is 0 Å². The molecule has 0 aliphatic heterocycles. The van der Waals surface area contributed by atoms with Crippen molar-refractivity contribution < 1.29 is 4.39 Å². The van der Waals surface area contributed by atoms with Crippen molar-refractivity contribution in [2.75, 3.05) is 0 Å². The van der Waals surface area contributed by atoms with Gasteiger partial charge in [-0.15, -0.1) is 5.10 Å². The van der Waals surface area contributed by atoms with Gasteiger partial charge in [0, 0.05) is 12.6 Å². The van der Waals surface area contributed by atoms with Gasteiger partial charge in [-0.3, -0.25) is 0 Å². The first-order valence-corrected chi connectivity index (χ1v) is 5.97. The number of halogens is 1. The quantitative estimate of drug-likeness (QED) is 0.902. The van der Waals surface area contributed by atoms with E-state index in [1.54, 1.807) is 16.9 Å². The van der Waals surface area contributed by atoms with E-state index in [1.165, 1.54) is 12.1 Å². The van der Waals surface area contributed by atoms with Crippen LogP contribution in [0, 0.1) is 12.7 Å². The first-order valence-electron chi connectivity index (χ1n) is 5.97. The molecule has 0 radical (unpaired) electrons. The minimum Gasteiger partial charge on any atom is -0.309 e. The van der Waals surface area contributed by atoms with Crippen LogP contribution in [0.2, 0.25) is 0 Å². The van der Waals surface area contributed by atoms with Gasteiger partial charge in [0.05, 0.1) is 17.6 Å². The van der Waals surface area contributed by atoms with E-state index in [0.29, 0.717) is 12.6 Å². The Hall–Kier alpha value is -1.75. The van der Waals surface area contributed by atoms with Crippen LogP contribution < -0.4 is 5.32 Å². The van der Waals surface area contributed by atoms with Crippen molar-refractivity contribution >= 4 is 0 Å². The SMILES string of the molecule is Cc1cc(F)ccc1-n1nncc1CNC(C)C. The molecule has 0 atom stereocenters. The van der Waals surface area contributed by atoms with E-state index >= 15 is 0 Å². The molecule has 0 amide bonds. The van der Waals surface area contributed by atoms with Crippen molar-refractivity contribution in [3.05, 3.63) is 41.5 Å². The van der Waals surface area contributed by atoms with E-state index in [1.807, 2.05) is 6.92 Å². The summed E-state index contributed by atoms with van der Waals surface area (Å²) in [4.78, 5) is 0. The predicted molar refractivity (Wildman–Crippen MR) is 68.0 cm³/mol. The number of nitrogens with one attached hydrogen (secondary N) is 1. The standard InChI is InChI=1S/C13H17FN4/c1-9(2)15-7-12-8-16-17-18(12)13-5-4-11(14)6-10(13)3/h4-6,8-9,15H,7H2,1-3H3. The van der Waals surface area contributed by atoms with Gasteiger partial charge in [-0.2, -0.15) is 0 Å². The highest BCUT2D eigenvalue weighted by Crippen LogP contribution is 2.16. The van der Waals surface area contributed by atoms with E-state index < -0.39 is 0 Å². The first-order chi connectivity index (χ1) is 8.58. The third-order valence-electron chi connectivity index (χ3n) is 2.70. The van der Waals surface area contributed by atoms with Crippen LogP contribution >= 0.6 is 0 Å². The minimum atomic E-state index is -0.238. The highest BCUT2D eigenvalue weighted by Gasteiger charge is 2.09. The average molecular weight is 248 g/mol. The third-order valence-corrected chi connectivity index (χ3v) is 2.70. The van der Waals surface area contributed by atoms with Crippen molar-refractivity contribution in [2.24, 2.45) is 0 Å². The second-order valence-electron chi connectivity index (χ2n) is 4.60. The van der Waals surface area contributed by atoms with Crippen LogP contribution in [0.15, 0.2) is 24.4 Å². The van der Waals surface area contributed by atoms with E-state index in [4.69, 9.17) is 0 Å². The molecular formula is C13H17FN4. The number of benzene rings is 1.